The number of hydrogen-bond donors (Lipinski definition) is 0. The van der Waals surface area contributed by atoms with E-state index in [9.17, 15) is 9.18 Å². The zero-order valence-corrected chi connectivity index (χ0v) is 15.5. The van der Waals surface area contributed by atoms with E-state index in [4.69, 9.17) is 0 Å². The van der Waals surface area contributed by atoms with Crippen molar-refractivity contribution in [1.82, 2.24) is 19.9 Å². The van der Waals surface area contributed by atoms with Crippen LogP contribution in [0.25, 0.3) is 0 Å². The molecule has 3 rings (SSSR count). The summed E-state index contributed by atoms with van der Waals surface area (Å²) in [5.74, 6) is -0.149. The van der Waals surface area contributed by atoms with Gasteiger partial charge in [0.05, 0.1) is 11.2 Å². The van der Waals surface area contributed by atoms with E-state index in [0.29, 0.717) is 30.3 Å². The van der Waals surface area contributed by atoms with Gasteiger partial charge in [-0.25, -0.2) is 19.3 Å². The molecule has 25 heavy (non-hydrogen) atoms. The van der Waals surface area contributed by atoms with Gasteiger partial charge >= 0.3 is 0 Å². The fourth-order valence-electron chi connectivity index (χ4n) is 3.13. The van der Waals surface area contributed by atoms with Gasteiger partial charge in [0.1, 0.15) is 12.0 Å². The van der Waals surface area contributed by atoms with Crippen molar-refractivity contribution in [1.29, 1.82) is 0 Å². The number of carbonyl (C=O) groups excluding carboxylic acids is 1. The number of nitrogens with zero attached hydrogens (tertiary/aromatic N) is 5. The predicted molar refractivity (Wildman–Crippen MR) is 95.5 cm³/mol. The van der Waals surface area contributed by atoms with Crippen LogP contribution < -0.4 is 4.90 Å². The first-order chi connectivity index (χ1) is 12.0. The summed E-state index contributed by atoms with van der Waals surface area (Å²) in [6.45, 7) is 5.05. The third kappa shape index (κ3) is 3.63. The third-order valence-corrected chi connectivity index (χ3v) is 5.15. The van der Waals surface area contributed by atoms with Crippen LogP contribution in [-0.4, -0.2) is 51.9 Å². The highest BCUT2D eigenvalue weighted by molar-refractivity contribution is 7.07. The van der Waals surface area contributed by atoms with Crippen molar-refractivity contribution < 1.29 is 9.18 Å². The first-order valence-corrected chi connectivity index (χ1v) is 9.34. The molecule has 2 aromatic heterocycles. The molecule has 1 unspecified atom stereocenters. The lowest BCUT2D eigenvalue weighted by Gasteiger charge is -2.38. The second-order valence-electron chi connectivity index (χ2n) is 6.58. The first-order valence-electron chi connectivity index (χ1n) is 8.39. The molecule has 0 N–H and O–H groups in total. The highest BCUT2D eigenvalue weighted by atomic mass is 32.1. The standard InChI is InChI=1S/C17H22FN5OS/c1-11(2)15-14(18)16(20-9-19-15)22(3)12-5-4-6-23(7-12)17(24)13-8-25-10-21-13/h8-12H,4-7H2,1-3H3. The molecular formula is C17H22FN5OS. The molecule has 6 nitrogen and oxygen atoms in total. The minimum absolute atomic E-state index is 0.00996. The van der Waals surface area contributed by atoms with Crippen LogP contribution in [0.3, 0.4) is 0 Å². The summed E-state index contributed by atoms with van der Waals surface area (Å²) in [5.41, 5.74) is 2.55. The maximum atomic E-state index is 14.8. The van der Waals surface area contributed by atoms with Gasteiger partial charge in [0.2, 0.25) is 0 Å². The predicted octanol–water partition coefficient (Wildman–Crippen LogP) is 2.94. The van der Waals surface area contributed by atoms with Crippen molar-refractivity contribution in [3.63, 3.8) is 0 Å². The van der Waals surface area contributed by atoms with E-state index in [1.54, 1.807) is 15.8 Å². The number of rotatable bonds is 4. The van der Waals surface area contributed by atoms with Crippen molar-refractivity contribution in [3.05, 3.63) is 34.4 Å². The van der Waals surface area contributed by atoms with Crippen molar-refractivity contribution >= 4 is 23.1 Å². The number of amides is 1. The molecule has 1 atom stereocenters. The molecule has 0 aromatic carbocycles. The van der Waals surface area contributed by atoms with E-state index in [1.165, 1.54) is 17.7 Å². The maximum absolute atomic E-state index is 14.8. The summed E-state index contributed by atoms with van der Waals surface area (Å²) in [7, 11) is 1.83. The lowest BCUT2D eigenvalue weighted by molar-refractivity contribution is 0.0702. The van der Waals surface area contributed by atoms with E-state index in [0.717, 1.165) is 12.8 Å². The van der Waals surface area contributed by atoms with Gasteiger partial charge in [0.15, 0.2) is 11.6 Å². The number of hydrogen-bond acceptors (Lipinski definition) is 6. The molecule has 2 aromatic rings. The molecule has 8 heteroatoms. The zero-order chi connectivity index (χ0) is 18.0. The average Bonchev–Trinajstić information content (AvgIpc) is 3.15. The second kappa shape index (κ2) is 7.43. The molecule has 0 saturated carbocycles. The number of thiazole rings is 1. The fraction of sp³-hybridized carbons (Fsp3) is 0.529. The van der Waals surface area contributed by atoms with Crippen LogP contribution in [-0.2, 0) is 0 Å². The van der Waals surface area contributed by atoms with Gasteiger partial charge < -0.3 is 9.80 Å². The Bertz CT molecular complexity index is 737. The normalized spacial score (nSPS) is 17.8. The SMILES string of the molecule is CC(C)c1ncnc(N(C)C2CCCN(C(=O)c3cscn3)C2)c1F. The Kier molecular flexibility index (Phi) is 5.27. The Morgan fingerprint density at radius 2 is 2.20 bits per heavy atom. The molecule has 1 aliphatic heterocycles. The topological polar surface area (TPSA) is 62.2 Å². The number of anilines is 1. The number of carbonyl (C=O) groups is 1. The molecule has 0 spiro atoms. The van der Waals surface area contributed by atoms with Crippen LogP contribution in [0, 0.1) is 5.82 Å². The van der Waals surface area contributed by atoms with E-state index in [-0.39, 0.29) is 23.7 Å². The third-order valence-electron chi connectivity index (χ3n) is 4.56. The average molecular weight is 363 g/mol. The minimum Gasteiger partial charge on any atom is -0.352 e. The highest BCUT2D eigenvalue weighted by Gasteiger charge is 2.30. The van der Waals surface area contributed by atoms with Gasteiger partial charge in [0.25, 0.3) is 5.91 Å². The Morgan fingerprint density at radius 3 is 2.88 bits per heavy atom. The second-order valence-corrected chi connectivity index (χ2v) is 7.30. The molecule has 1 aliphatic rings. The Hall–Kier alpha value is -2.09. The lowest BCUT2D eigenvalue weighted by atomic mass is 10.0. The maximum Gasteiger partial charge on any atom is 0.273 e. The van der Waals surface area contributed by atoms with E-state index in [2.05, 4.69) is 15.0 Å². The largest absolute Gasteiger partial charge is 0.352 e. The molecule has 0 radical (unpaired) electrons. The highest BCUT2D eigenvalue weighted by Crippen LogP contribution is 2.26. The van der Waals surface area contributed by atoms with Gasteiger partial charge in [0, 0.05) is 31.6 Å². The Balaban J connectivity index is 1.77. The summed E-state index contributed by atoms with van der Waals surface area (Å²) in [6.07, 6.45) is 3.16. The molecule has 1 fully saturated rings. The van der Waals surface area contributed by atoms with Crippen molar-refractivity contribution in [2.75, 3.05) is 25.0 Å². The number of halogens is 1. The molecule has 1 amide bonds. The van der Waals surface area contributed by atoms with Crippen molar-refractivity contribution in [2.24, 2.45) is 0 Å². The van der Waals surface area contributed by atoms with Crippen LogP contribution in [0.4, 0.5) is 10.2 Å². The van der Waals surface area contributed by atoms with E-state index < -0.39 is 0 Å². The molecular weight excluding hydrogens is 341 g/mol. The zero-order valence-electron chi connectivity index (χ0n) is 14.6. The van der Waals surface area contributed by atoms with Gasteiger partial charge in [-0.05, 0) is 18.8 Å². The molecule has 134 valence electrons. The molecule has 0 aliphatic carbocycles. The molecule has 0 bridgehead atoms. The molecule has 3 heterocycles. The number of aromatic nitrogens is 3. The summed E-state index contributed by atoms with van der Waals surface area (Å²) >= 11 is 1.41. The van der Waals surface area contributed by atoms with Gasteiger partial charge in [-0.1, -0.05) is 13.8 Å². The number of piperidine rings is 1. The van der Waals surface area contributed by atoms with Crippen LogP contribution in [0.1, 0.15) is 48.8 Å². The van der Waals surface area contributed by atoms with Crippen LogP contribution in [0.5, 0.6) is 0 Å². The summed E-state index contributed by atoms with van der Waals surface area (Å²) in [4.78, 5) is 28.5. The summed E-state index contributed by atoms with van der Waals surface area (Å²) in [5, 5.41) is 1.76. The van der Waals surface area contributed by atoms with Gasteiger partial charge in [-0.2, -0.15) is 0 Å². The summed E-state index contributed by atoms with van der Waals surface area (Å²) in [6, 6.07) is 0.0146. The first kappa shape index (κ1) is 17.7. The van der Waals surface area contributed by atoms with Gasteiger partial charge in [-0.3, -0.25) is 4.79 Å². The quantitative estimate of drug-likeness (QED) is 0.836. The fourth-order valence-corrected chi connectivity index (χ4v) is 3.66. The van der Waals surface area contributed by atoms with Gasteiger partial charge in [-0.15, -0.1) is 11.3 Å². The van der Waals surface area contributed by atoms with Crippen LogP contribution in [0.2, 0.25) is 0 Å². The molecule has 1 saturated heterocycles. The number of likely N-dealkylation sites (N-methyl/N-ethyl adjacent to an activating group) is 1. The van der Waals surface area contributed by atoms with Crippen molar-refractivity contribution in [3.8, 4) is 0 Å². The summed E-state index contributed by atoms with van der Waals surface area (Å²) < 4.78 is 14.8. The van der Waals surface area contributed by atoms with E-state index >= 15 is 0 Å². The minimum atomic E-state index is -0.372. The van der Waals surface area contributed by atoms with Crippen LogP contribution in [0.15, 0.2) is 17.2 Å². The van der Waals surface area contributed by atoms with E-state index in [1.807, 2.05) is 25.8 Å². The van der Waals surface area contributed by atoms with Crippen molar-refractivity contribution in [2.45, 2.75) is 38.6 Å². The Labute approximate surface area is 150 Å². The smallest absolute Gasteiger partial charge is 0.273 e. The number of likely N-dealkylation sites (tertiary alicyclic amines) is 1. The monoisotopic (exact) mass is 363 g/mol. The lowest BCUT2D eigenvalue weighted by Crippen LogP contribution is -2.49. The Morgan fingerprint density at radius 1 is 1.40 bits per heavy atom. The van der Waals surface area contributed by atoms with Crippen LogP contribution >= 0.6 is 11.3 Å².